The maximum Gasteiger partial charge on any atom is 0.333 e. The van der Waals surface area contributed by atoms with Crippen LogP contribution >= 0.6 is 0 Å². The van der Waals surface area contributed by atoms with Crippen LogP contribution in [0, 0.1) is 11.3 Å². The van der Waals surface area contributed by atoms with Crippen molar-refractivity contribution in [3.8, 4) is 28.0 Å². The molecule has 0 atom stereocenters. The first-order valence-corrected chi connectivity index (χ1v) is 20.3. The van der Waals surface area contributed by atoms with E-state index in [1.165, 1.54) is 47.9 Å². The van der Waals surface area contributed by atoms with Gasteiger partial charge in [-0.1, -0.05) is 82.7 Å². The van der Waals surface area contributed by atoms with E-state index in [2.05, 4.69) is 75.0 Å². The molecule has 0 saturated heterocycles. The molecule has 0 radical (unpaired) electrons. The van der Waals surface area contributed by atoms with Crippen LogP contribution in [0.2, 0.25) is 0 Å². The molecule has 8 heteroatoms. The van der Waals surface area contributed by atoms with E-state index in [0.29, 0.717) is 56.6 Å². The third kappa shape index (κ3) is 12.5. The number of methoxy groups -OCH3 is 1. The highest BCUT2D eigenvalue weighted by atomic mass is 16.5. The van der Waals surface area contributed by atoms with Gasteiger partial charge in [-0.25, -0.2) is 4.79 Å². The number of aryl methyl sites for hydroxylation is 3. The lowest BCUT2D eigenvalue weighted by molar-refractivity contribution is -0.143. The van der Waals surface area contributed by atoms with Gasteiger partial charge in [0.05, 0.1) is 39.6 Å². The number of hydrogen-bond acceptors (Lipinski definition) is 8. The van der Waals surface area contributed by atoms with Gasteiger partial charge in [-0.15, -0.1) is 0 Å². The summed E-state index contributed by atoms with van der Waals surface area (Å²) in [6.45, 7) is 12.1. The van der Waals surface area contributed by atoms with Gasteiger partial charge in [0.25, 0.3) is 0 Å². The second-order valence-electron chi connectivity index (χ2n) is 15.5. The summed E-state index contributed by atoms with van der Waals surface area (Å²) in [5.74, 6) is 1.56. The molecule has 2 N–H and O–H groups in total. The second-order valence-corrected chi connectivity index (χ2v) is 15.5. The van der Waals surface area contributed by atoms with E-state index < -0.39 is 11.4 Å². The quantitative estimate of drug-likeness (QED) is 0.0593. The minimum absolute atomic E-state index is 0.193. The van der Waals surface area contributed by atoms with Crippen LogP contribution < -0.4 is 4.74 Å². The third-order valence-corrected chi connectivity index (χ3v) is 11.1. The summed E-state index contributed by atoms with van der Waals surface area (Å²) in [7, 11) is 1.55. The van der Waals surface area contributed by atoms with Crippen molar-refractivity contribution in [3.63, 3.8) is 0 Å². The Bertz CT molecular complexity index is 1680. The smallest absolute Gasteiger partial charge is 0.333 e. The van der Waals surface area contributed by atoms with E-state index in [9.17, 15) is 19.8 Å². The van der Waals surface area contributed by atoms with E-state index in [1.807, 2.05) is 0 Å². The number of carbonyl (C=O) groups is 2. The first kappa shape index (κ1) is 43.7. The predicted molar refractivity (Wildman–Crippen MR) is 219 cm³/mol. The molecule has 1 fully saturated rings. The topological polar surface area (TPSA) is 112 Å². The molecule has 3 aromatic rings. The Morgan fingerprint density at radius 1 is 0.800 bits per heavy atom. The third-order valence-electron chi connectivity index (χ3n) is 11.1. The van der Waals surface area contributed by atoms with Gasteiger partial charge in [-0.3, -0.25) is 4.79 Å². The first-order chi connectivity index (χ1) is 26.6. The van der Waals surface area contributed by atoms with Gasteiger partial charge in [0.15, 0.2) is 0 Å². The maximum atomic E-state index is 12.1. The summed E-state index contributed by atoms with van der Waals surface area (Å²) in [6, 6.07) is 20.2. The maximum absolute atomic E-state index is 12.1. The number of aliphatic hydroxyl groups is 2. The van der Waals surface area contributed by atoms with Crippen LogP contribution in [0.15, 0.2) is 66.7 Å². The molecule has 1 aliphatic carbocycles. The van der Waals surface area contributed by atoms with Gasteiger partial charge in [0.1, 0.15) is 5.75 Å². The average Bonchev–Trinajstić information content (AvgIpc) is 3.21. The van der Waals surface area contributed by atoms with Crippen LogP contribution in [0.3, 0.4) is 0 Å². The zero-order valence-corrected chi connectivity index (χ0v) is 33.9. The first-order valence-electron chi connectivity index (χ1n) is 20.3. The van der Waals surface area contributed by atoms with Gasteiger partial charge >= 0.3 is 11.9 Å². The van der Waals surface area contributed by atoms with Crippen LogP contribution in [0.1, 0.15) is 107 Å². The fourth-order valence-electron chi connectivity index (χ4n) is 7.50. The molecular formula is C47H64O8. The highest BCUT2D eigenvalue weighted by Gasteiger charge is 2.29. The molecule has 0 amide bonds. The largest absolute Gasteiger partial charge is 0.493 e. The van der Waals surface area contributed by atoms with Crippen LogP contribution in [0.25, 0.3) is 22.3 Å². The second kappa shape index (κ2) is 21.9. The molecule has 1 aliphatic rings. The Kier molecular flexibility index (Phi) is 17.4. The Balaban J connectivity index is 1.69. The van der Waals surface area contributed by atoms with E-state index >= 15 is 0 Å². The van der Waals surface area contributed by atoms with Crippen LogP contribution in [-0.2, 0) is 43.1 Å². The van der Waals surface area contributed by atoms with Gasteiger partial charge in [-0.05, 0) is 127 Å². The molecule has 0 spiro atoms. The van der Waals surface area contributed by atoms with Crippen molar-refractivity contribution < 1.29 is 38.7 Å². The van der Waals surface area contributed by atoms with Crippen LogP contribution in [0.5, 0.6) is 5.75 Å². The van der Waals surface area contributed by atoms with Gasteiger partial charge in [0, 0.05) is 24.5 Å². The molecule has 4 rings (SSSR count). The Hall–Kier alpha value is -3.98. The number of carbonyl (C=O) groups excluding carboxylic acids is 2. The molecule has 0 unspecified atom stereocenters. The summed E-state index contributed by atoms with van der Waals surface area (Å²) in [6.07, 6.45) is 9.07. The summed E-state index contributed by atoms with van der Waals surface area (Å²) in [5, 5.41) is 20.3. The molecule has 3 aromatic carbocycles. The number of esters is 2. The van der Waals surface area contributed by atoms with Crippen molar-refractivity contribution in [1.82, 2.24) is 0 Å². The number of hydrogen-bond donors (Lipinski definition) is 2. The molecular weight excluding hydrogens is 693 g/mol. The minimum atomic E-state index is -0.840. The monoisotopic (exact) mass is 756 g/mol. The van der Waals surface area contributed by atoms with Crippen molar-refractivity contribution in [1.29, 1.82) is 0 Å². The fourth-order valence-corrected chi connectivity index (χ4v) is 7.50. The zero-order valence-electron chi connectivity index (χ0n) is 33.9. The Morgan fingerprint density at radius 2 is 1.40 bits per heavy atom. The SMILES string of the molecule is C=C(C)C(=O)OCCCc1cc(-c2ccc(-c3ccc(C4CCC(C)CC4)cc3)cc2CC)cc(CCCOC(=O)CC)c1OCCC(CO)(CO)COC. The Labute approximate surface area is 329 Å². The van der Waals surface area contributed by atoms with Crippen molar-refractivity contribution in [2.75, 3.05) is 46.8 Å². The van der Waals surface area contributed by atoms with Gasteiger partial charge in [-0.2, -0.15) is 0 Å². The van der Waals surface area contributed by atoms with E-state index in [0.717, 1.165) is 40.3 Å². The lowest BCUT2D eigenvalue weighted by Crippen LogP contribution is -2.36. The Morgan fingerprint density at radius 3 is 1.96 bits per heavy atom. The fraction of sp³-hybridized carbons (Fsp3) is 0.532. The van der Waals surface area contributed by atoms with E-state index in [1.54, 1.807) is 21.0 Å². The minimum Gasteiger partial charge on any atom is -0.493 e. The van der Waals surface area contributed by atoms with Crippen LogP contribution in [0.4, 0.5) is 0 Å². The normalized spacial score (nSPS) is 15.8. The standard InChI is InChI=1S/C47H64O8/c1-7-35-27-39(38-19-17-37(18-20-38)36-15-13-34(5)14-16-36)21-22-43(35)42-28-40(11-9-24-53-44(50)8-2)45(54-26-23-47(30-48,31-49)32-52-6)41(29-42)12-10-25-55-46(51)33(3)4/h17-22,27-29,34,36,48-49H,3,7-16,23-26,30-32H2,1-2,4-6H3. The number of benzene rings is 3. The highest BCUT2D eigenvalue weighted by Crippen LogP contribution is 2.39. The molecule has 300 valence electrons. The molecule has 55 heavy (non-hydrogen) atoms. The van der Waals surface area contributed by atoms with E-state index in [4.69, 9.17) is 18.9 Å². The molecule has 0 aliphatic heterocycles. The molecule has 0 heterocycles. The molecule has 8 nitrogen and oxygen atoms in total. The summed E-state index contributed by atoms with van der Waals surface area (Å²) in [4.78, 5) is 24.1. The average molecular weight is 757 g/mol. The van der Waals surface area contributed by atoms with Crippen molar-refractivity contribution in [3.05, 3.63) is 89.0 Å². The summed E-state index contributed by atoms with van der Waals surface area (Å²) >= 11 is 0. The number of ether oxygens (including phenoxy) is 4. The van der Waals surface area contributed by atoms with Crippen molar-refractivity contribution in [2.24, 2.45) is 11.3 Å². The summed E-state index contributed by atoms with van der Waals surface area (Å²) < 4.78 is 22.8. The van der Waals surface area contributed by atoms with E-state index in [-0.39, 0.29) is 39.0 Å². The summed E-state index contributed by atoms with van der Waals surface area (Å²) in [5.41, 5.74) is 8.73. The lowest BCUT2D eigenvalue weighted by Gasteiger charge is -2.29. The zero-order chi connectivity index (χ0) is 39.8. The van der Waals surface area contributed by atoms with Gasteiger partial charge < -0.3 is 29.2 Å². The van der Waals surface area contributed by atoms with Crippen LogP contribution in [-0.4, -0.2) is 68.9 Å². The van der Waals surface area contributed by atoms with Crippen molar-refractivity contribution >= 4 is 11.9 Å². The lowest BCUT2D eigenvalue weighted by atomic mass is 9.79. The predicted octanol–water partition coefficient (Wildman–Crippen LogP) is 9.20. The number of rotatable bonds is 22. The van der Waals surface area contributed by atoms with Gasteiger partial charge in [0.2, 0.25) is 0 Å². The van der Waals surface area contributed by atoms with Crippen molar-refractivity contribution in [2.45, 2.75) is 104 Å². The highest BCUT2D eigenvalue weighted by molar-refractivity contribution is 5.86. The molecule has 0 bridgehead atoms. The molecule has 0 aromatic heterocycles. The molecule has 1 saturated carbocycles. The number of aliphatic hydroxyl groups excluding tert-OH is 2.